The summed E-state index contributed by atoms with van der Waals surface area (Å²) in [4.78, 5) is 0. The van der Waals surface area contributed by atoms with Crippen molar-refractivity contribution in [1.82, 2.24) is 5.43 Å². The topological polar surface area (TPSA) is 38.0 Å². The van der Waals surface area contributed by atoms with E-state index in [0.717, 1.165) is 17.1 Å². The van der Waals surface area contributed by atoms with E-state index in [2.05, 4.69) is 42.8 Å². The van der Waals surface area contributed by atoms with Gasteiger partial charge in [-0.2, -0.15) is 23.5 Å². The first-order valence-electron chi connectivity index (χ1n) is 6.91. The molecule has 2 aliphatic rings. The number of hydrogen-bond donors (Lipinski definition) is 2. The van der Waals surface area contributed by atoms with Crippen molar-refractivity contribution in [3.8, 4) is 0 Å². The zero-order valence-corrected chi connectivity index (χ0v) is 12.7. The molecule has 0 bridgehead atoms. The predicted molar refractivity (Wildman–Crippen MR) is 80.4 cm³/mol. The molecule has 0 spiro atoms. The van der Waals surface area contributed by atoms with Gasteiger partial charge >= 0.3 is 0 Å². The van der Waals surface area contributed by atoms with E-state index in [1.807, 2.05) is 0 Å². The Hall–Kier alpha value is 0.620. The summed E-state index contributed by atoms with van der Waals surface area (Å²) in [6.07, 6.45) is 5.54. The number of thioether (sulfide) groups is 2. The molecule has 0 aromatic rings. The van der Waals surface area contributed by atoms with Crippen LogP contribution in [0.15, 0.2) is 0 Å². The van der Waals surface area contributed by atoms with Gasteiger partial charge in [-0.3, -0.25) is 11.3 Å². The van der Waals surface area contributed by atoms with Gasteiger partial charge in [-0.25, -0.2) is 0 Å². The molecule has 1 saturated carbocycles. The van der Waals surface area contributed by atoms with Gasteiger partial charge in [0.05, 0.1) is 0 Å². The van der Waals surface area contributed by atoms with Crippen LogP contribution in [0.2, 0.25) is 0 Å². The third-order valence-electron chi connectivity index (χ3n) is 4.27. The van der Waals surface area contributed by atoms with Gasteiger partial charge in [-0.1, -0.05) is 26.7 Å². The molecule has 0 aromatic carbocycles. The maximum atomic E-state index is 5.87. The lowest BCUT2D eigenvalue weighted by Gasteiger charge is -2.41. The van der Waals surface area contributed by atoms with E-state index >= 15 is 0 Å². The van der Waals surface area contributed by atoms with Crippen LogP contribution in [0.5, 0.6) is 0 Å². The molecule has 0 amide bonds. The molecule has 100 valence electrons. The van der Waals surface area contributed by atoms with Crippen molar-refractivity contribution >= 4 is 23.5 Å². The molecule has 2 nitrogen and oxygen atoms in total. The van der Waals surface area contributed by atoms with Crippen molar-refractivity contribution in [2.45, 2.75) is 56.1 Å². The van der Waals surface area contributed by atoms with E-state index in [1.54, 1.807) is 0 Å². The molecule has 0 aromatic heterocycles. The van der Waals surface area contributed by atoms with Crippen LogP contribution in [0.25, 0.3) is 0 Å². The highest BCUT2D eigenvalue weighted by Crippen LogP contribution is 2.39. The number of hydrazine groups is 1. The van der Waals surface area contributed by atoms with Crippen LogP contribution in [0, 0.1) is 11.8 Å². The van der Waals surface area contributed by atoms with Crippen molar-refractivity contribution in [3.63, 3.8) is 0 Å². The summed E-state index contributed by atoms with van der Waals surface area (Å²) in [6.45, 7) is 4.77. The number of rotatable bonds is 3. The Morgan fingerprint density at radius 3 is 2.59 bits per heavy atom. The summed E-state index contributed by atoms with van der Waals surface area (Å²) in [5.74, 6) is 10.2. The third kappa shape index (κ3) is 3.55. The smallest absolute Gasteiger partial charge is 0.0368 e. The quantitative estimate of drug-likeness (QED) is 0.613. The van der Waals surface area contributed by atoms with Crippen LogP contribution in [0.3, 0.4) is 0 Å². The minimum Gasteiger partial charge on any atom is -0.271 e. The van der Waals surface area contributed by atoms with E-state index in [0.29, 0.717) is 11.3 Å². The molecule has 1 aliphatic carbocycles. The summed E-state index contributed by atoms with van der Waals surface area (Å²) in [5.41, 5.74) is 3.16. The second-order valence-electron chi connectivity index (χ2n) is 5.64. The van der Waals surface area contributed by atoms with Gasteiger partial charge in [0, 0.05) is 28.0 Å². The van der Waals surface area contributed by atoms with Crippen LogP contribution in [0.4, 0.5) is 0 Å². The average Bonchev–Trinajstić information content (AvgIpc) is 2.33. The second kappa shape index (κ2) is 6.69. The van der Waals surface area contributed by atoms with Gasteiger partial charge in [-0.15, -0.1) is 0 Å². The van der Waals surface area contributed by atoms with Crippen LogP contribution in [0.1, 0.15) is 39.5 Å². The summed E-state index contributed by atoms with van der Waals surface area (Å²) in [5, 5.41) is 1.45. The zero-order chi connectivity index (χ0) is 12.3. The summed E-state index contributed by atoms with van der Waals surface area (Å²) in [7, 11) is 0. The second-order valence-corrected chi connectivity index (χ2v) is 8.41. The fourth-order valence-corrected chi connectivity index (χ4v) is 6.37. The highest BCUT2D eigenvalue weighted by molar-refractivity contribution is 8.07. The average molecular weight is 274 g/mol. The molecule has 2 rings (SSSR count). The molecule has 5 unspecified atom stereocenters. The normalized spacial score (nSPS) is 41.1. The van der Waals surface area contributed by atoms with Crippen molar-refractivity contribution in [2.75, 3.05) is 11.5 Å². The third-order valence-corrected chi connectivity index (χ3v) is 7.48. The number of hydrogen-bond acceptors (Lipinski definition) is 4. The lowest BCUT2D eigenvalue weighted by atomic mass is 9.77. The lowest BCUT2D eigenvalue weighted by molar-refractivity contribution is 0.219. The lowest BCUT2D eigenvalue weighted by Crippen LogP contribution is -2.52. The van der Waals surface area contributed by atoms with Crippen molar-refractivity contribution in [2.24, 2.45) is 17.7 Å². The molecular weight excluding hydrogens is 248 g/mol. The SMILES string of the molecule is CC1CCCC(C(NN)C2SCCSC2C)C1. The summed E-state index contributed by atoms with van der Waals surface area (Å²) in [6, 6.07) is 0.519. The maximum Gasteiger partial charge on any atom is 0.0368 e. The summed E-state index contributed by atoms with van der Waals surface area (Å²) < 4.78 is 0. The molecule has 3 N–H and O–H groups in total. The molecule has 1 heterocycles. The fourth-order valence-electron chi connectivity index (χ4n) is 3.35. The van der Waals surface area contributed by atoms with E-state index in [4.69, 9.17) is 5.84 Å². The van der Waals surface area contributed by atoms with E-state index in [1.165, 1.54) is 37.2 Å². The molecule has 0 radical (unpaired) electrons. The molecule has 4 heteroatoms. The van der Waals surface area contributed by atoms with Gasteiger partial charge in [-0.05, 0) is 24.7 Å². The van der Waals surface area contributed by atoms with Crippen LogP contribution in [-0.4, -0.2) is 28.0 Å². The number of nitrogens with two attached hydrogens (primary N) is 1. The maximum absolute atomic E-state index is 5.87. The highest BCUT2D eigenvalue weighted by Gasteiger charge is 2.36. The molecule has 1 aliphatic heterocycles. The number of nitrogens with one attached hydrogen (secondary N) is 1. The van der Waals surface area contributed by atoms with Gasteiger partial charge < -0.3 is 0 Å². The minimum absolute atomic E-state index is 0.519. The monoisotopic (exact) mass is 274 g/mol. The molecule has 17 heavy (non-hydrogen) atoms. The highest BCUT2D eigenvalue weighted by atomic mass is 32.2. The molecule has 1 saturated heterocycles. The van der Waals surface area contributed by atoms with Gasteiger partial charge in [0.15, 0.2) is 0 Å². The van der Waals surface area contributed by atoms with Crippen molar-refractivity contribution in [3.05, 3.63) is 0 Å². The minimum atomic E-state index is 0.519. The molecular formula is C13H26N2S2. The zero-order valence-electron chi connectivity index (χ0n) is 11.0. The van der Waals surface area contributed by atoms with Gasteiger partial charge in [0.1, 0.15) is 0 Å². The van der Waals surface area contributed by atoms with Gasteiger partial charge in [0.2, 0.25) is 0 Å². The first kappa shape index (κ1) is 14.0. The van der Waals surface area contributed by atoms with Crippen LogP contribution in [-0.2, 0) is 0 Å². The van der Waals surface area contributed by atoms with Crippen LogP contribution >= 0.6 is 23.5 Å². The van der Waals surface area contributed by atoms with Crippen molar-refractivity contribution < 1.29 is 0 Å². The Labute approximate surface area is 114 Å². The first-order valence-corrected chi connectivity index (χ1v) is 9.01. The van der Waals surface area contributed by atoms with Gasteiger partial charge in [0.25, 0.3) is 0 Å². The Balaban J connectivity index is 1.98. The van der Waals surface area contributed by atoms with Crippen molar-refractivity contribution in [1.29, 1.82) is 0 Å². The predicted octanol–water partition coefficient (Wildman–Crippen LogP) is 2.88. The Kier molecular flexibility index (Phi) is 5.52. The molecule has 5 atom stereocenters. The summed E-state index contributed by atoms with van der Waals surface area (Å²) >= 11 is 4.25. The first-order chi connectivity index (χ1) is 8.22. The van der Waals surface area contributed by atoms with E-state index < -0.39 is 0 Å². The Bertz CT molecular complexity index is 237. The van der Waals surface area contributed by atoms with Crippen LogP contribution < -0.4 is 11.3 Å². The largest absolute Gasteiger partial charge is 0.271 e. The molecule has 2 fully saturated rings. The standard InChI is InChI=1S/C13H26N2S2/c1-9-4-3-5-11(8-9)12(15-14)13-10(2)16-6-7-17-13/h9-13,15H,3-8,14H2,1-2H3. The fraction of sp³-hybridized carbons (Fsp3) is 1.00. The van der Waals surface area contributed by atoms with E-state index in [9.17, 15) is 0 Å². The Morgan fingerprint density at radius 1 is 1.18 bits per heavy atom. The Morgan fingerprint density at radius 2 is 1.94 bits per heavy atom. The van der Waals surface area contributed by atoms with E-state index in [-0.39, 0.29) is 0 Å².